The Morgan fingerprint density at radius 2 is 2.15 bits per heavy atom. The zero-order chi connectivity index (χ0) is 18.8. The monoisotopic (exact) mass is 390 g/mol. The molecule has 2 heterocycles. The highest BCUT2D eigenvalue weighted by Gasteiger charge is 2.21. The Bertz CT molecular complexity index is 1010. The van der Waals surface area contributed by atoms with E-state index in [2.05, 4.69) is 25.2 Å². The third kappa shape index (κ3) is 3.55. The van der Waals surface area contributed by atoms with Crippen LogP contribution in [0.1, 0.15) is 22.4 Å². The second-order valence-corrected chi connectivity index (χ2v) is 7.00. The topological polar surface area (TPSA) is 68.6 Å². The highest BCUT2D eigenvalue weighted by Crippen LogP contribution is 2.39. The van der Waals surface area contributed by atoms with E-state index in [9.17, 15) is 8.78 Å². The van der Waals surface area contributed by atoms with Gasteiger partial charge in [0.15, 0.2) is 17.3 Å². The number of rotatable bonds is 6. The molecule has 9 heteroatoms. The molecule has 0 unspecified atom stereocenters. The number of hydrogen-bond acceptors (Lipinski definition) is 7. The predicted octanol–water partition coefficient (Wildman–Crippen LogP) is 4.24. The van der Waals surface area contributed by atoms with Gasteiger partial charge in [0.25, 0.3) is 0 Å². The quantitative estimate of drug-likeness (QED) is 0.504. The van der Waals surface area contributed by atoms with Crippen molar-refractivity contribution in [2.45, 2.75) is 25.9 Å². The molecule has 0 amide bonds. The average Bonchev–Trinajstić information content (AvgIpc) is 3.23. The Morgan fingerprint density at radius 1 is 1.26 bits per heavy atom. The van der Waals surface area contributed by atoms with E-state index >= 15 is 0 Å². The molecule has 0 spiro atoms. The lowest BCUT2D eigenvalue weighted by molar-refractivity contribution is -0.0512. The second-order valence-electron chi connectivity index (χ2n) is 5.92. The van der Waals surface area contributed by atoms with Crippen molar-refractivity contribution in [3.8, 4) is 11.5 Å². The third-order valence-electron chi connectivity index (χ3n) is 4.29. The summed E-state index contributed by atoms with van der Waals surface area (Å²) in [7, 11) is 1.39. The Labute approximate surface area is 157 Å². The Morgan fingerprint density at radius 3 is 2.96 bits per heavy atom. The van der Waals surface area contributed by atoms with E-state index < -0.39 is 6.61 Å². The number of thiophene rings is 1. The fourth-order valence-electron chi connectivity index (χ4n) is 3.14. The number of alkyl halides is 2. The summed E-state index contributed by atoms with van der Waals surface area (Å²) in [5.41, 5.74) is 4.95. The van der Waals surface area contributed by atoms with Crippen LogP contribution in [0.15, 0.2) is 29.6 Å². The van der Waals surface area contributed by atoms with Gasteiger partial charge in [-0.05, 0) is 48.6 Å². The number of benzene rings is 1. The summed E-state index contributed by atoms with van der Waals surface area (Å²) < 4.78 is 34.3. The lowest BCUT2D eigenvalue weighted by Crippen LogP contribution is -2.04. The van der Waals surface area contributed by atoms with E-state index in [-0.39, 0.29) is 11.5 Å². The number of aromatic nitrogens is 2. The number of methoxy groups -OCH3 is 1. The number of anilines is 1. The molecule has 0 radical (unpaired) electrons. The average molecular weight is 390 g/mol. The summed E-state index contributed by atoms with van der Waals surface area (Å²) >= 11 is 1.71. The molecule has 6 nitrogen and oxygen atoms in total. The van der Waals surface area contributed by atoms with E-state index in [1.807, 2.05) is 0 Å². The van der Waals surface area contributed by atoms with Crippen molar-refractivity contribution in [3.05, 3.63) is 40.5 Å². The van der Waals surface area contributed by atoms with E-state index in [1.165, 1.54) is 29.9 Å². The van der Waals surface area contributed by atoms with Crippen LogP contribution >= 0.6 is 11.3 Å². The number of halogens is 2. The molecule has 1 N–H and O–H groups in total. The molecule has 1 aliphatic carbocycles. The molecule has 0 saturated heterocycles. The number of hydrogen-bond donors (Lipinski definition) is 1. The fourth-order valence-corrected chi connectivity index (χ4v) is 4.37. The minimum Gasteiger partial charge on any atom is -0.493 e. The SMILES string of the molecule is COc1cc(/C=N\Nc2ncnc3sc4c(c23)CCC4)ccc1OC(F)F. The highest BCUT2D eigenvalue weighted by atomic mass is 32.1. The maximum absolute atomic E-state index is 12.4. The van der Waals surface area contributed by atoms with Crippen LogP contribution in [0.25, 0.3) is 10.2 Å². The first-order valence-electron chi connectivity index (χ1n) is 8.33. The first-order chi connectivity index (χ1) is 13.2. The van der Waals surface area contributed by atoms with E-state index in [1.54, 1.807) is 29.7 Å². The second kappa shape index (κ2) is 7.43. The van der Waals surface area contributed by atoms with E-state index in [4.69, 9.17) is 4.74 Å². The number of fused-ring (bicyclic) bond motifs is 3. The summed E-state index contributed by atoms with van der Waals surface area (Å²) in [5, 5.41) is 5.26. The van der Waals surface area contributed by atoms with Crippen molar-refractivity contribution in [1.82, 2.24) is 9.97 Å². The van der Waals surface area contributed by atoms with Gasteiger partial charge in [-0.1, -0.05) is 0 Å². The van der Waals surface area contributed by atoms with Crippen molar-refractivity contribution in [2.24, 2.45) is 5.10 Å². The van der Waals surface area contributed by atoms with Gasteiger partial charge in [0.2, 0.25) is 0 Å². The van der Waals surface area contributed by atoms with Crippen molar-refractivity contribution in [1.29, 1.82) is 0 Å². The van der Waals surface area contributed by atoms with Gasteiger partial charge in [0.1, 0.15) is 11.2 Å². The van der Waals surface area contributed by atoms with Crippen LogP contribution < -0.4 is 14.9 Å². The van der Waals surface area contributed by atoms with Crippen LogP contribution in [0.3, 0.4) is 0 Å². The van der Waals surface area contributed by atoms with Crippen LogP contribution in [-0.2, 0) is 12.8 Å². The van der Waals surface area contributed by atoms with Crippen LogP contribution in [0.4, 0.5) is 14.6 Å². The van der Waals surface area contributed by atoms with Gasteiger partial charge in [-0.3, -0.25) is 5.43 Å². The van der Waals surface area contributed by atoms with Crippen LogP contribution in [-0.4, -0.2) is 29.9 Å². The molecule has 0 bridgehead atoms. The standard InChI is InChI=1S/C18H16F2N4O2S/c1-25-13-7-10(5-6-12(13)26-18(19)20)8-23-24-16-15-11-3-2-4-14(11)27-17(15)22-9-21-16/h5-9,18H,2-4H2,1H3,(H,21,22,24)/b23-8-. The van der Waals surface area contributed by atoms with Crippen molar-refractivity contribution < 1.29 is 18.3 Å². The smallest absolute Gasteiger partial charge is 0.387 e. The van der Waals surface area contributed by atoms with Crippen molar-refractivity contribution in [2.75, 3.05) is 12.5 Å². The molecule has 27 heavy (non-hydrogen) atoms. The summed E-state index contributed by atoms with van der Waals surface area (Å²) in [5.74, 6) is 0.851. The van der Waals surface area contributed by atoms with Gasteiger partial charge >= 0.3 is 6.61 Å². The molecule has 1 aromatic carbocycles. The molecule has 0 saturated carbocycles. The largest absolute Gasteiger partial charge is 0.493 e. The first kappa shape index (κ1) is 17.6. The van der Waals surface area contributed by atoms with Crippen LogP contribution in [0.5, 0.6) is 11.5 Å². The number of hydrazone groups is 1. The minimum atomic E-state index is -2.91. The molecule has 0 fully saturated rings. The summed E-state index contributed by atoms with van der Waals surface area (Å²) in [6.07, 6.45) is 6.36. The Kier molecular flexibility index (Phi) is 4.85. The lowest BCUT2D eigenvalue weighted by atomic mass is 10.2. The molecular weight excluding hydrogens is 374 g/mol. The van der Waals surface area contributed by atoms with Crippen molar-refractivity contribution >= 4 is 33.6 Å². The molecule has 140 valence electrons. The maximum atomic E-state index is 12.4. The molecule has 4 rings (SSSR count). The minimum absolute atomic E-state index is 0.0241. The molecule has 0 atom stereocenters. The van der Waals surface area contributed by atoms with E-state index in [0.717, 1.165) is 29.5 Å². The highest BCUT2D eigenvalue weighted by molar-refractivity contribution is 7.19. The normalized spacial score (nSPS) is 13.5. The van der Waals surface area contributed by atoms with Crippen molar-refractivity contribution in [3.63, 3.8) is 0 Å². The van der Waals surface area contributed by atoms with Gasteiger partial charge in [0, 0.05) is 4.88 Å². The first-order valence-corrected chi connectivity index (χ1v) is 9.14. The number of ether oxygens (including phenoxy) is 2. The number of nitrogens with one attached hydrogen (secondary N) is 1. The summed E-state index contributed by atoms with van der Waals surface area (Å²) in [6, 6.07) is 4.60. The Hall–Kier alpha value is -2.81. The third-order valence-corrected chi connectivity index (χ3v) is 5.49. The van der Waals surface area contributed by atoms with Gasteiger partial charge < -0.3 is 9.47 Å². The fraction of sp³-hybridized carbons (Fsp3) is 0.278. The molecule has 2 aromatic heterocycles. The maximum Gasteiger partial charge on any atom is 0.387 e. The Balaban J connectivity index is 1.55. The lowest BCUT2D eigenvalue weighted by Gasteiger charge is -2.10. The van der Waals surface area contributed by atoms with Gasteiger partial charge in [-0.15, -0.1) is 11.3 Å². The molecule has 3 aromatic rings. The zero-order valence-corrected chi connectivity index (χ0v) is 15.2. The predicted molar refractivity (Wildman–Crippen MR) is 100 cm³/mol. The van der Waals surface area contributed by atoms with Crippen LogP contribution in [0.2, 0.25) is 0 Å². The molecular formula is C18H16F2N4O2S. The van der Waals surface area contributed by atoms with Crippen LogP contribution in [0, 0.1) is 0 Å². The van der Waals surface area contributed by atoms with E-state index in [0.29, 0.717) is 11.4 Å². The number of nitrogens with zero attached hydrogens (tertiary/aromatic N) is 3. The number of aryl methyl sites for hydroxylation is 2. The molecule has 0 aliphatic heterocycles. The van der Waals surface area contributed by atoms with Gasteiger partial charge in [0.05, 0.1) is 18.7 Å². The summed E-state index contributed by atoms with van der Waals surface area (Å²) in [4.78, 5) is 11.0. The van der Waals surface area contributed by atoms with Gasteiger partial charge in [-0.2, -0.15) is 13.9 Å². The van der Waals surface area contributed by atoms with Gasteiger partial charge in [-0.25, -0.2) is 9.97 Å². The zero-order valence-electron chi connectivity index (χ0n) is 14.4. The molecule has 1 aliphatic rings. The summed E-state index contributed by atoms with van der Waals surface area (Å²) in [6.45, 7) is -2.91.